The summed E-state index contributed by atoms with van der Waals surface area (Å²) in [5, 5.41) is 18.2. The lowest BCUT2D eigenvalue weighted by molar-refractivity contribution is 0.0697. The van der Waals surface area contributed by atoms with Gasteiger partial charge >= 0.3 is 5.97 Å². The molecule has 0 aliphatic rings. The van der Waals surface area contributed by atoms with Gasteiger partial charge in [-0.15, -0.1) is 10.2 Å². The zero-order chi connectivity index (χ0) is 16.9. The molecule has 0 aliphatic heterocycles. The quantitative estimate of drug-likeness (QED) is 0.689. The molecule has 0 amide bonds. The van der Waals surface area contributed by atoms with Crippen LogP contribution in [0, 0.1) is 0 Å². The highest BCUT2D eigenvalue weighted by Gasteiger charge is 2.14. The number of thioether (sulfide) groups is 1. The molecule has 0 unspecified atom stereocenters. The zero-order valence-electron chi connectivity index (χ0n) is 13.0. The molecule has 0 aliphatic carbocycles. The van der Waals surface area contributed by atoms with E-state index in [-0.39, 0.29) is 5.56 Å². The first kappa shape index (κ1) is 16.1. The second-order valence-electron chi connectivity index (χ2n) is 4.93. The van der Waals surface area contributed by atoms with Gasteiger partial charge in [0.05, 0.1) is 11.8 Å². The van der Waals surface area contributed by atoms with Crippen LogP contribution < -0.4 is 0 Å². The number of hydrogen-bond acceptors (Lipinski definition) is 6. The molecule has 24 heavy (non-hydrogen) atoms. The lowest BCUT2D eigenvalue weighted by Gasteiger charge is -2.06. The largest absolute Gasteiger partial charge is 0.478 e. The molecule has 0 saturated carbocycles. The Morgan fingerprint density at radius 2 is 2.00 bits per heavy atom. The molecule has 122 valence electrons. The van der Waals surface area contributed by atoms with Gasteiger partial charge in [0.1, 0.15) is 5.69 Å². The number of rotatable bonds is 6. The van der Waals surface area contributed by atoms with Crippen molar-refractivity contribution in [1.29, 1.82) is 0 Å². The molecule has 1 N–H and O–H groups in total. The van der Waals surface area contributed by atoms with Gasteiger partial charge in [-0.3, -0.25) is 4.98 Å². The van der Waals surface area contributed by atoms with Gasteiger partial charge in [0.15, 0.2) is 11.0 Å². The SMILES string of the molecule is CCn1c(SCc2ccc(C(=O)O)cc2)nnc1-c1cnccn1. The first-order valence-corrected chi connectivity index (χ1v) is 8.32. The highest BCUT2D eigenvalue weighted by atomic mass is 32.2. The van der Waals surface area contributed by atoms with Crippen molar-refractivity contribution in [3.05, 3.63) is 54.0 Å². The van der Waals surface area contributed by atoms with Crippen molar-refractivity contribution >= 4 is 17.7 Å². The summed E-state index contributed by atoms with van der Waals surface area (Å²) in [6.45, 7) is 2.74. The van der Waals surface area contributed by atoms with Crippen LogP contribution >= 0.6 is 11.8 Å². The van der Waals surface area contributed by atoms with Crippen molar-refractivity contribution in [2.24, 2.45) is 0 Å². The fourth-order valence-corrected chi connectivity index (χ4v) is 3.13. The zero-order valence-corrected chi connectivity index (χ0v) is 13.8. The van der Waals surface area contributed by atoms with Gasteiger partial charge in [-0.1, -0.05) is 23.9 Å². The van der Waals surface area contributed by atoms with E-state index in [4.69, 9.17) is 5.11 Å². The van der Waals surface area contributed by atoms with E-state index >= 15 is 0 Å². The fraction of sp³-hybridized carbons (Fsp3) is 0.188. The normalized spacial score (nSPS) is 10.7. The highest BCUT2D eigenvalue weighted by molar-refractivity contribution is 7.98. The van der Waals surface area contributed by atoms with E-state index in [1.165, 1.54) is 0 Å². The van der Waals surface area contributed by atoms with Gasteiger partial charge < -0.3 is 9.67 Å². The van der Waals surface area contributed by atoms with Crippen LogP contribution in [-0.4, -0.2) is 35.8 Å². The minimum absolute atomic E-state index is 0.283. The number of benzene rings is 1. The summed E-state index contributed by atoms with van der Waals surface area (Å²) in [6, 6.07) is 6.83. The molecule has 0 saturated heterocycles. The van der Waals surface area contributed by atoms with Crippen molar-refractivity contribution < 1.29 is 9.90 Å². The third-order valence-corrected chi connectivity index (χ3v) is 4.43. The van der Waals surface area contributed by atoms with E-state index in [2.05, 4.69) is 20.2 Å². The van der Waals surface area contributed by atoms with Gasteiger partial charge in [0.2, 0.25) is 0 Å². The van der Waals surface area contributed by atoms with Crippen molar-refractivity contribution in [1.82, 2.24) is 24.7 Å². The lowest BCUT2D eigenvalue weighted by atomic mass is 10.1. The van der Waals surface area contributed by atoms with Crippen LogP contribution in [0.25, 0.3) is 11.5 Å². The molecule has 1 aromatic carbocycles. The Hall–Kier alpha value is -2.74. The number of carboxylic acid groups (broad SMARTS) is 1. The molecule has 7 nitrogen and oxygen atoms in total. The minimum atomic E-state index is -0.923. The summed E-state index contributed by atoms with van der Waals surface area (Å²) in [6.07, 6.45) is 4.91. The lowest BCUT2D eigenvalue weighted by Crippen LogP contribution is -2.01. The Morgan fingerprint density at radius 1 is 1.21 bits per heavy atom. The van der Waals surface area contributed by atoms with E-state index in [1.54, 1.807) is 42.5 Å². The first-order valence-electron chi connectivity index (χ1n) is 7.33. The second-order valence-corrected chi connectivity index (χ2v) is 5.87. The Morgan fingerprint density at radius 3 is 2.62 bits per heavy atom. The fourth-order valence-electron chi connectivity index (χ4n) is 2.18. The van der Waals surface area contributed by atoms with Crippen LogP contribution in [0.4, 0.5) is 0 Å². The number of aromatic nitrogens is 5. The summed E-state index contributed by atoms with van der Waals surface area (Å²) in [5.74, 6) is 0.446. The van der Waals surface area contributed by atoms with Gasteiger partial charge in [0, 0.05) is 24.7 Å². The van der Waals surface area contributed by atoms with E-state index in [0.29, 0.717) is 17.3 Å². The van der Waals surface area contributed by atoms with Crippen LogP contribution in [0.15, 0.2) is 48.0 Å². The number of carboxylic acids is 1. The van der Waals surface area contributed by atoms with Gasteiger partial charge in [-0.2, -0.15) is 0 Å². The Kier molecular flexibility index (Phi) is 4.85. The van der Waals surface area contributed by atoms with Gasteiger partial charge in [0.25, 0.3) is 0 Å². The second kappa shape index (κ2) is 7.22. The molecular weight excluding hydrogens is 326 g/mol. The smallest absolute Gasteiger partial charge is 0.335 e. The van der Waals surface area contributed by atoms with Crippen molar-refractivity contribution in [2.75, 3.05) is 0 Å². The summed E-state index contributed by atoms with van der Waals surface area (Å²) < 4.78 is 1.99. The molecule has 3 rings (SSSR count). The van der Waals surface area contributed by atoms with Crippen LogP contribution in [0.1, 0.15) is 22.8 Å². The summed E-state index contributed by atoms with van der Waals surface area (Å²) >= 11 is 1.55. The molecule has 0 spiro atoms. The monoisotopic (exact) mass is 341 g/mol. The van der Waals surface area contributed by atoms with Crippen molar-refractivity contribution in [3.63, 3.8) is 0 Å². The average Bonchev–Trinajstić information content (AvgIpc) is 3.04. The Balaban J connectivity index is 1.76. The predicted molar refractivity (Wildman–Crippen MR) is 89.7 cm³/mol. The number of carbonyl (C=O) groups is 1. The van der Waals surface area contributed by atoms with E-state index < -0.39 is 5.97 Å². The topological polar surface area (TPSA) is 93.8 Å². The van der Waals surface area contributed by atoms with Crippen LogP contribution in [0.2, 0.25) is 0 Å². The summed E-state index contributed by atoms with van der Waals surface area (Å²) in [5.41, 5.74) is 1.99. The van der Waals surface area contributed by atoms with Gasteiger partial charge in [-0.25, -0.2) is 9.78 Å². The van der Waals surface area contributed by atoms with E-state index in [9.17, 15) is 4.79 Å². The molecule has 8 heteroatoms. The van der Waals surface area contributed by atoms with Crippen LogP contribution in [0.3, 0.4) is 0 Å². The van der Waals surface area contributed by atoms with Crippen molar-refractivity contribution in [2.45, 2.75) is 24.4 Å². The third kappa shape index (κ3) is 3.43. The molecule has 0 radical (unpaired) electrons. The molecule has 2 heterocycles. The number of hydrogen-bond donors (Lipinski definition) is 1. The molecular formula is C16H15N5O2S. The maximum Gasteiger partial charge on any atom is 0.335 e. The van der Waals surface area contributed by atoms with Crippen molar-refractivity contribution in [3.8, 4) is 11.5 Å². The van der Waals surface area contributed by atoms with Crippen LogP contribution in [0.5, 0.6) is 0 Å². The molecule has 3 aromatic rings. The Bertz CT molecular complexity index is 833. The number of nitrogens with zero attached hydrogens (tertiary/aromatic N) is 5. The van der Waals surface area contributed by atoms with E-state index in [0.717, 1.165) is 17.3 Å². The average molecular weight is 341 g/mol. The Labute approximate surface area is 142 Å². The van der Waals surface area contributed by atoms with Crippen LogP contribution in [-0.2, 0) is 12.3 Å². The maximum absolute atomic E-state index is 10.9. The third-order valence-electron chi connectivity index (χ3n) is 3.39. The molecule has 0 atom stereocenters. The predicted octanol–water partition coefficient (Wildman–Crippen LogP) is 2.75. The number of aromatic carboxylic acids is 1. The molecule has 2 aromatic heterocycles. The van der Waals surface area contributed by atoms with Gasteiger partial charge in [-0.05, 0) is 24.6 Å². The standard InChI is InChI=1S/C16H15N5O2S/c1-2-21-14(13-9-17-7-8-18-13)19-20-16(21)24-10-11-3-5-12(6-4-11)15(22)23/h3-9H,2,10H2,1H3,(H,22,23). The first-order chi connectivity index (χ1) is 11.7. The molecule has 0 fully saturated rings. The summed E-state index contributed by atoms with van der Waals surface area (Å²) in [7, 11) is 0. The van der Waals surface area contributed by atoms with E-state index in [1.807, 2.05) is 23.6 Å². The minimum Gasteiger partial charge on any atom is -0.478 e. The maximum atomic E-state index is 10.9. The summed E-state index contributed by atoms with van der Waals surface area (Å²) in [4.78, 5) is 19.2. The highest BCUT2D eigenvalue weighted by Crippen LogP contribution is 2.25. The molecule has 0 bridgehead atoms.